The number of hydrogen-bond donors (Lipinski definition) is 0. The summed E-state index contributed by atoms with van der Waals surface area (Å²) in [4.78, 5) is 37.4. The van der Waals surface area contributed by atoms with Crippen LogP contribution in [0.25, 0.3) is 0 Å². The molecule has 0 rings (SSSR count). The molecule has 0 saturated heterocycles. The van der Waals surface area contributed by atoms with Gasteiger partial charge in [-0.1, -0.05) is 173 Å². The largest absolute Gasteiger partial charge is 0.462 e. The highest BCUT2D eigenvalue weighted by Crippen LogP contribution is 2.14. The molecule has 0 N–H and O–H groups in total. The lowest BCUT2D eigenvalue weighted by Gasteiger charge is -2.18. The van der Waals surface area contributed by atoms with Crippen molar-refractivity contribution in [2.24, 2.45) is 0 Å². The molecular weight excluding hydrogens is 624 g/mol. The third-order valence-electron chi connectivity index (χ3n) is 9.21. The van der Waals surface area contributed by atoms with Crippen LogP contribution in [0.5, 0.6) is 0 Å². The Morgan fingerprint density at radius 3 is 1.14 bits per heavy atom. The van der Waals surface area contributed by atoms with Gasteiger partial charge in [-0.3, -0.25) is 14.4 Å². The van der Waals surface area contributed by atoms with Gasteiger partial charge in [0.25, 0.3) is 0 Å². The fourth-order valence-corrected chi connectivity index (χ4v) is 5.94. The van der Waals surface area contributed by atoms with E-state index in [0.717, 1.165) is 77.0 Å². The van der Waals surface area contributed by atoms with Gasteiger partial charge in [-0.2, -0.15) is 0 Å². The zero-order chi connectivity index (χ0) is 36.6. The van der Waals surface area contributed by atoms with Crippen molar-refractivity contribution < 1.29 is 28.6 Å². The topological polar surface area (TPSA) is 78.9 Å². The van der Waals surface area contributed by atoms with Gasteiger partial charge in [0.15, 0.2) is 6.10 Å². The minimum absolute atomic E-state index is 0.0738. The molecule has 0 aromatic heterocycles. The Morgan fingerprint density at radius 1 is 0.400 bits per heavy atom. The van der Waals surface area contributed by atoms with Crippen molar-refractivity contribution in [2.45, 2.75) is 226 Å². The lowest BCUT2D eigenvalue weighted by Crippen LogP contribution is -2.30. The number of hydrogen-bond acceptors (Lipinski definition) is 6. The molecule has 50 heavy (non-hydrogen) atoms. The number of unbranched alkanes of at least 4 members (excludes halogenated alkanes) is 23. The van der Waals surface area contributed by atoms with E-state index in [9.17, 15) is 14.4 Å². The molecule has 0 spiro atoms. The second kappa shape index (κ2) is 39.7. The summed E-state index contributed by atoms with van der Waals surface area (Å²) < 4.78 is 16.6. The van der Waals surface area contributed by atoms with Crippen molar-refractivity contribution in [3.8, 4) is 0 Å². The van der Waals surface area contributed by atoms with E-state index in [1.807, 2.05) is 0 Å². The number of carbonyl (C=O) groups excluding carboxylic acids is 3. The van der Waals surface area contributed by atoms with Crippen LogP contribution in [0.4, 0.5) is 0 Å². The molecule has 0 aliphatic rings. The Labute approximate surface area is 309 Å². The van der Waals surface area contributed by atoms with Gasteiger partial charge in [0, 0.05) is 19.3 Å². The van der Waals surface area contributed by atoms with E-state index in [1.54, 1.807) is 0 Å². The summed E-state index contributed by atoms with van der Waals surface area (Å²) in [6.07, 6.45) is 41.7. The highest BCUT2D eigenvalue weighted by Gasteiger charge is 2.19. The Bertz CT molecular complexity index is 819. The third kappa shape index (κ3) is 37.2. The first kappa shape index (κ1) is 47.9. The van der Waals surface area contributed by atoms with Gasteiger partial charge in [0.1, 0.15) is 13.2 Å². The molecule has 292 valence electrons. The molecule has 1 unspecified atom stereocenters. The van der Waals surface area contributed by atoms with Crippen LogP contribution in [0.1, 0.15) is 220 Å². The minimum Gasteiger partial charge on any atom is -0.462 e. The average Bonchev–Trinajstić information content (AvgIpc) is 3.11. The van der Waals surface area contributed by atoms with Crippen LogP contribution in [0.2, 0.25) is 0 Å². The summed E-state index contributed by atoms with van der Waals surface area (Å²) in [5, 5.41) is 0. The normalized spacial score (nSPS) is 12.1. The quantitative estimate of drug-likeness (QED) is 0.0275. The van der Waals surface area contributed by atoms with Crippen LogP contribution in [-0.2, 0) is 28.6 Å². The van der Waals surface area contributed by atoms with Crippen LogP contribution in [0, 0.1) is 0 Å². The molecule has 0 radical (unpaired) electrons. The molecular formula is C44H80O6. The van der Waals surface area contributed by atoms with E-state index in [0.29, 0.717) is 19.3 Å². The van der Waals surface area contributed by atoms with Gasteiger partial charge < -0.3 is 14.2 Å². The van der Waals surface area contributed by atoms with Crippen molar-refractivity contribution in [1.82, 2.24) is 0 Å². The molecule has 0 aliphatic carbocycles. The van der Waals surface area contributed by atoms with E-state index in [4.69, 9.17) is 14.2 Å². The fraction of sp³-hybridized carbons (Fsp3) is 0.841. The van der Waals surface area contributed by atoms with E-state index in [2.05, 4.69) is 45.1 Å². The summed E-state index contributed by atoms with van der Waals surface area (Å²) in [6.45, 7) is 6.52. The second-order valence-electron chi connectivity index (χ2n) is 14.3. The van der Waals surface area contributed by atoms with Crippen molar-refractivity contribution in [1.29, 1.82) is 0 Å². The highest BCUT2D eigenvalue weighted by atomic mass is 16.6. The molecule has 0 aromatic rings. The maximum Gasteiger partial charge on any atom is 0.306 e. The van der Waals surface area contributed by atoms with Gasteiger partial charge in [-0.25, -0.2) is 0 Å². The fourth-order valence-electron chi connectivity index (χ4n) is 5.94. The Kier molecular flexibility index (Phi) is 38.0. The van der Waals surface area contributed by atoms with Gasteiger partial charge in [-0.15, -0.1) is 0 Å². The first-order chi connectivity index (χ1) is 24.5. The van der Waals surface area contributed by atoms with Crippen LogP contribution in [0.3, 0.4) is 0 Å². The van der Waals surface area contributed by atoms with Gasteiger partial charge >= 0.3 is 17.9 Å². The van der Waals surface area contributed by atoms with Crippen molar-refractivity contribution in [3.63, 3.8) is 0 Å². The highest BCUT2D eigenvalue weighted by molar-refractivity contribution is 5.71. The van der Waals surface area contributed by atoms with Gasteiger partial charge in [0.05, 0.1) is 0 Å². The number of carbonyl (C=O) groups is 3. The van der Waals surface area contributed by atoms with Crippen molar-refractivity contribution >= 4 is 17.9 Å². The number of esters is 3. The van der Waals surface area contributed by atoms with Gasteiger partial charge in [-0.05, 0) is 51.4 Å². The average molecular weight is 705 g/mol. The summed E-state index contributed by atoms with van der Waals surface area (Å²) in [5.74, 6) is -0.897. The molecule has 0 aromatic carbocycles. The summed E-state index contributed by atoms with van der Waals surface area (Å²) in [5.41, 5.74) is 0. The third-order valence-corrected chi connectivity index (χ3v) is 9.21. The zero-order valence-electron chi connectivity index (χ0n) is 33.2. The van der Waals surface area contributed by atoms with E-state index in [1.165, 1.54) is 103 Å². The molecule has 0 saturated carbocycles. The smallest absolute Gasteiger partial charge is 0.306 e. The molecule has 6 nitrogen and oxygen atoms in total. The molecule has 0 aliphatic heterocycles. The monoisotopic (exact) mass is 705 g/mol. The molecule has 0 bridgehead atoms. The van der Waals surface area contributed by atoms with Crippen LogP contribution in [0.15, 0.2) is 24.3 Å². The first-order valence-corrected chi connectivity index (χ1v) is 21.3. The lowest BCUT2D eigenvalue weighted by atomic mass is 10.1. The minimum atomic E-state index is -0.766. The van der Waals surface area contributed by atoms with Crippen molar-refractivity contribution in [3.05, 3.63) is 24.3 Å². The number of ether oxygens (including phenoxy) is 3. The predicted octanol–water partition coefficient (Wildman–Crippen LogP) is 13.2. The van der Waals surface area contributed by atoms with Crippen LogP contribution in [-0.4, -0.2) is 37.2 Å². The zero-order valence-corrected chi connectivity index (χ0v) is 33.2. The standard InChI is InChI=1S/C44H80O6/c1-4-7-10-13-16-18-20-21-22-23-25-26-28-31-34-37-43(46)49-40-41(39-48-42(45)36-33-30-15-12-9-6-3)50-44(47)38-35-32-29-27-24-19-17-14-11-8-5-2/h16,18,21-22,41H,4-15,17,19-20,23-40H2,1-3H3/b18-16-,22-21-. The molecule has 0 amide bonds. The molecule has 0 heterocycles. The van der Waals surface area contributed by atoms with Crippen LogP contribution < -0.4 is 0 Å². The van der Waals surface area contributed by atoms with Crippen LogP contribution >= 0.6 is 0 Å². The van der Waals surface area contributed by atoms with Gasteiger partial charge in [0.2, 0.25) is 0 Å². The second-order valence-corrected chi connectivity index (χ2v) is 14.3. The lowest BCUT2D eigenvalue weighted by molar-refractivity contribution is -0.167. The number of allylic oxidation sites excluding steroid dienone is 4. The predicted molar refractivity (Wildman–Crippen MR) is 210 cm³/mol. The maximum absolute atomic E-state index is 12.6. The van der Waals surface area contributed by atoms with E-state index in [-0.39, 0.29) is 31.1 Å². The Balaban J connectivity index is 4.29. The molecule has 0 fully saturated rings. The first-order valence-electron chi connectivity index (χ1n) is 21.3. The van der Waals surface area contributed by atoms with E-state index < -0.39 is 6.10 Å². The summed E-state index contributed by atoms with van der Waals surface area (Å²) in [6, 6.07) is 0. The molecule has 1 atom stereocenters. The van der Waals surface area contributed by atoms with Crippen molar-refractivity contribution in [2.75, 3.05) is 13.2 Å². The summed E-state index contributed by atoms with van der Waals surface area (Å²) >= 11 is 0. The summed E-state index contributed by atoms with van der Waals surface area (Å²) in [7, 11) is 0. The Hall–Kier alpha value is -2.11. The SMILES string of the molecule is CCCCC/C=C\C/C=C\CCCCCCCC(=O)OCC(COC(=O)CCCCCCCC)OC(=O)CCCCCCCCCCCCC. The Morgan fingerprint density at radius 2 is 0.720 bits per heavy atom. The molecule has 6 heteroatoms. The maximum atomic E-state index is 12.6. The number of rotatable bonds is 38. The van der Waals surface area contributed by atoms with E-state index >= 15 is 0 Å².